The first-order valence-corrected chi connectivity index (χ1v) is 7.28. The highest BCUT2D eigenvalue weighted by Crippen LogP contribution is 2.28. The molecule has 0 amide bonds. The van der Waals surface area contributed by atoms with Gasteiger partial charge in [0.2, 0.25) is 0 Å². The number of rotatable bonds is 4. The van der Waals surface area contributed by atoms with E-state index in [-0.39, 0.29) is 5.56 Å². The van der Waals surface area contributed by atoms with Crippen molar-refractivity contribution < 1.29 is 26.9 Å². The zero-order valence-corrected chi connectivity index (χ0v) is 12.9. The van der Waals surface area contributed by atoms with Gasteiger partial charge in [-0.3, -0.25) is 0 Å². The summed E-state index contributed by atoms with van der Waals surface area (Å²) in [7, 11) is 0. The minimum Gasteiger partial charge on any atom is -0.598 e. The Hall–Kier alpha value is -0.990. The fourth-order valence-corrected chi connectivity index (χ4v) is 2.25. The minimum atomic E-state index is -4.85. The standard InChI is InChI=1S/C13H17F4NO2S/c1-8(18-21(19)12(2,3)4)10-7-9(5-6-11(10)14)20-13(15,16)17/h5-8,18H,1-4H3/t8-,21+/m1/s1. The van der Waals surface area contributed by atoms with Crippen molar-refractivity contribution in [2.24, 2.45) is 0 Å². The highest BCUT2D eigenvalue weighted by molar-refractivity contribution is 7.90. The summed E-state index contributed by atoms with van der Waals surface area (Å²) >= 11 is -1.48. The fraction of sp³-hybridized carbons (Fsp3) is 0.538. The van der Waals surface area contributed by atoms with Gasteiger partial charge < -0.3 is 9.29 Å². The van der Waals surface area contributed by atoms with Crippen LogP contribution in [0.4, 0.5) is 17.6 Å². The normalized spacial score (nSPS) is 15.7. The van der Waals surface area contributed by atoms with E-state index in [0.717, 1.165) is 18.2 Å². The Labute approximate surface area is 124 Å². The van der Waals surface area contributed by atoms with Gasteiger partial charge in [0, 0.05) is 16.9 Å². The minimum absolute atomic E-state index is 0.0469. The molecule has 0 spiro atoms. The van der Waals surface area contributed by atoms with Crippen LogP contribution in [0.25, 0.3) is 0 Å². The molecule has 0 heterocycles. The Bertz CT molecular complexity index is 488. The summed E-state index contributed by atoms with van der Waals surface area (Å²) in [5.74, 6) is -1.22. The van der Waals surface area contributed by atoms with Crippen LogP contribution < -0.4 is 9.46 Å². The molecule has 0 fully saturated rings. The third kappa shape index (κ3) is 5.72. The van der Waals surface area contributed by atoms with Crippen LogP contribution in [0.2, 0.25) is 0 Å². The van der Waals surface area contributed by atoms with Gasteiger partial charge in [0.1, 0.15) is 16.3 Å². The lowest BCUT2D eigenvalue weighted by Crippen LogP contribution is -2.40. The molecule has 3 nitrogen and oxygen atoms in total. The monoisotopic (exact) mass is 327 g/mol. The van der Waals surface area contributed by atoms with Crippen molar-refractivity contribution in [2.75, 3.05) is 0 Å². The van der Waals surface area contributed by atoms with E-state index in [0.29, 0.717) is 0 Å². The summed E-state index contributed by atoms with van der Waals surface area (Å²) < 4.78 is 68.0. The van der Waals surface area contributed by atoms with Gasteiger partial charge in [-0.15, -0.1) is 17.9 Å². The van der Waals surface area contributed by atoms with Crippen LogP contribution >= 0.6 is 0 Å². The molecule has 8 heteroatoms. The fourth-order valence-electron chi connectivity index (χ4n) is 1.45. The van der Waals surface area contributed by atoms with Gasteiger partial charge in [-0.05, 0) is 45.9 Å². The lowest BCUT2D eigenvalue weighted by molar-refractivity contribution is -0.274. The Balaban J connectivity index is 2.93. The number of benzene rings is 1. The van der Waals surface area contributed by atoms with Crippen molar-refractivity contribution >= 4 is 11.4 Å². The van der Waals surface area contributed by atoms with Crippen LogP contribution in [0, 0.1) is 5.82 Å². The number of hydrogen-bond acceptors (Lipinski definition) is 3. The Morgan fingerprint density at radius 2 is 1.81 bits per heavy atom. The van der Waals surface area contributed by atoms with E-state index >= 15 is 0 Å². The lowest BCUT2D eigenvalue weighted by atomic mass is 10.1. The summed E-state index contributed by atoms with van der Waals surface area (Å²) in [6.45, 7) is 6.69. The first-order chi connectivity index (χ1) is 9.40. The SMILES string of the molecule is C[C@@H](N[S@@+]([O-])C(C)(C)C)c1cc(OC(F)(F)F)ccc1F. The highest BCUT2D eigenvalue weighted by atomic mass is 32.2. The van der Waals surface area contributed by atoms with Crippen molar-refractivity contribution in [1.29, 1.82) is 0 Å². The number of alkyl halides is 3. The smallest absolute Gasteiger partial charge is 0.573 e. The molecular formula is C13H17F4NO2S. The molecule has 1 aromatic carbocycles. The van der Waals surface area contributed by atoms with Crippen LogP contribution in [-0.4, -0.2) is 15.7 Å². The van der Waals surface area contributed by atoms with E-state index < -0.39 is 40.1 Å². The largest absolute Gasteiger partial charge is 0.598 e. The number of ether oxygens (including phenoxy) is 1. The Kier molecular flexibility index (Phi) is 5.51. The zero-order valence-electron chi connectivity index (χ0n) is 12.0. The van der Waals surface area contributed by atoms with Crippen LogP contribution in [0.15, 0.2) is 18.2 Å². The molecule has 1 rings (SSSR count). The van der Waals surface area contributed by atoms with Gasteiger partial charge in [-0.25, -0.2) is 4.39 Å². The van der Waals surface area contributed by atoms with Gasteiger partial charge in [0.05, 0.1) is 6.04 Å². The molecule has 1 aromatic rings. The van der Waals surface area contributed by atoms with E-state index in [4.69, 9.17) is 0 Å². The zero-order chi connectivity index (χ0) is 16.4. The molecule has 21 heavy (non-hydrogen) atoms. The number of hydrogen-bond donors (Lipinski definition) is 1. The first kappa shape index (κ1) is 18.1. The molecule has 0 aromatic heterocycles. The molecule has 0 radical (unpaired) electrons. The Morgan fingerprint density at radius 1 is 1.24 bits per heavy atom. The molecule has 0 aliphatic carbocycles. The summed E-state index contributed by atoms with van der Waals surface area (Å²) in [4.78, 5) is 0. The molecule has 0 aliphatic rings. The van der Waals surface area contributed by atoms with Gasteiger partial charge in [-0.1, -0.05) is 0 Å². The highest BCUT2D eigenvalue weighted by Gasteiger charge is 2.32. The number of halogens is 4. The van der Waals surface area contributed by atoms with E-state index in [1.54, 1.807) is 20.8 Å². The quantitative estimate of drug-likeness (QED) is 0.675. The number of nitrogens with one attached hydrogen (secondary N) is 1. The molecule has 1 N–H and O–H groups in total. The maximum atomic E-state index is 13.7. The molecule has 0 unspecified atom stereocenters. The van der Waals surface area contributed by atoms with Crippen molar-refractivity contribution in [3.05, 3.63) is 29.6 Å². The van der Waals surface area contributed by atoms with Gasteiger partial charge in [0.15, 0.2) is 0 Å². The average Bonchev–Trinajstić information content (AvgIpc) is 2.28. The second-order valence-corrected chi connectivity index (χ2v) is 7.45. The Morgan fingerprint density at radius 3 is 2.29 bits per heavy atom. The summed E-state index contributed by atoms with van der Waals surface area (Å²) in [6, 6.07) is 1.98. The van der Waals surface area contributed by atoms with Crippen LogP contribution in [0.3, 0.4) is 0 Å². The molecule has 0 bridgehead atoms. The second-order valence-electron chi connectivity index (χ2n) is 5.45. The third-order valence-electron chi connectivity index (χ3n) is 2.51. The topological polar surface area (TPSA) is 44.3 Å². The van der Waals surface area contributed by atoms with Crippen LogP contribution in [-0.2, 0) is 11.4 Å². The van der Waals surface area contributed by atoms with Crippen molar-refractivity contribution in [1.82, 2.24) is 4.72 Å². The second kappa shape index (κ2) is 6.41. The van der Waals surface area contributed by atoms with Gasteiger partial charge in [-0.2, -0.15) is 0 Å². The van der Waals surface area contributed by atoms with E-state index in [2.05, 4.69) is 9.46 Å². The molecule has 120 valence electrons. The molecular weight excluding hydrogens is 310 g/mol. The van der Waals surface area contributed by atoms with Crippen molar-refractivity contribution in [3.8, 4) is 5.75 Å². The lowest BCUT2D eigenvalue weighted by Gasteiger charge is -2.26. The summed E-state index contributed by atoms with van der Waals surface area (Å²) in [6.07, 6.45) is -4.85. The van der Waals surface area contributed by atoms with E-state index in [9.17, 15) is 22.1 Å². The van der Waals surface area contributed by atoms with E-state index in [1.165, 1.54) is 6.92 Å². The molecule has 0 saturated heterocycles. The predicted molar refractivity (Wildman–Crippen MR) is 72.5 cm³/mol. The van der Waals surface area contributed by atoms with Gasteiger partial charge in [0.25, 0.3) is 0 Å². The molecule has 0 saturated carbocycles. The average molecular weight is 327 g/mol. The maximum Gasteiger partial charge on any atom is 0.573 e. The van der Waals surface area contributed by atoms with Gasteiger partial charge >= 0.3 is 6.36 Å². The van der Waals surface area contributed by atoms with Crippen molar-refractivity contribution in [2.45, 2.75) is 44.8 Å². The summed E-state index contributed by atoms with van der Waals surface area (Å²) in [5.41, 5.74) is -0.0469. The van der Waals surface area contributed by atoms with Crippen LogP contribution in [0.1, 0.15) is 39.3 Å². The molecule has 2 atom stereocenters. The van der Waals surface area contributed by atoms with E-state index in [1.807, 2.05) is 0 Å². The third-order valence-corrected chi connectivity index (χ3v) is 4.19. The van der Waals surface area contributed by atoms with Crippen molar-refractivity contribution in [3.63, 3.8) is 0 Å². The first-order valence-electron chi connectivity index (χ1n) is 6.13. The molecule has 0 aliphatic heterocycles. The summed E-state index contributed by atoms with van der Waals surface area (Å²) in [5, 5.41) is 0. The predicted octanol–water partition coefficient (Wildman–Crippen LogP) is 3.84. The van der Waals surface area contributed by atoms with Crippen LogP contribution in [0.5, 0.6) is 5.75 Å². The maximum absolute atomic E-state index is 13.7.